The lowest BCUT2D eigenvalue weighted by Crippen LogP contribution is -2.39. The summed E-state index contributed by atoms with van der Waals surface area (Å²) in [6, 6.07) is 3.25. The Morgan fingerprint density at radius 3 is 2.67 bits per heavy atom. The van der Waals surface area contributed by atoms with Crippen molar-refractivity contribution in [2.45, 2.75) is 20.3 Å². The first kappa shape index (κ1) is 19.2. The van der Waals surface area contributed by atoms with Crippen molar-refractivity contribution in [3.05, 3.63) is 35.9 Å². The number of methoxy groups -OCH3 is 1. The molecular weight excluding hydrogens is 310 g/mol. The van der Waals surface area contributed by atoms with Gasteiger partial charge in [-0.2, -0.15) is 5.10 Å². The number of phenolic OH excluding ortho intramolecular Hbond substituents is 1. The van der Waals surface area contributed by atoms with E-state index in [0.29, 0.717) is 24.1 Å². The molecule has 7 nitrogen and oxygen atoms in total. The molecule has 1 aromatic rings. The number of hydrogen-bond acceptors (Lipinski definition) is 5. The van der Waals surface area contributed by atoms with Gasteiger partial charge in [0.05, 0.1) is 13.3 Å². The summed E-state index contributed by atoms with van der Waals surface area (Å²) < 4.78 is 5.10. The third-order valence-electron chi connectivity index (χ3n) is 3.02. The Morgan fingerprint density at radius 2 is 2.08 bits per heavy atom. The van der Waals surface area contributed by atoms with Crippen LogP contribution in [-0.4, -0.2) is 36.8 Å². The van der Waals surface area contributed by atoms with Crippen molar-refractivity contribution in [1.29, 1.82) is 0 Å². The fraction of sp³-hybridized carbons (Fsp3) is 0.353. The van der Waals surface area contributed by atoms with Crippen LogP contribution < -0.4 is 15.5 Å². The molecule has 130 valence electrons. The van der Waals surface area contributed by atoms with Crippen molar-refractivity contribution in [2.75, 3.05) is 13.7 Å². The normalized spacial score (nSPS) is 10.7. The average Bonchev–Trinajstić information content (AvgIpc) is 2.55. The molecule has 0 aliphatic carbocycles. The molecule has 0 unspecified atom stereocenters. The lowest BCUT2D eigenvalue weighted by molar-refractivity contribution is -0.139. The molecule has 7 heteroatoms. The number of nitrogens with one attached hydrogen (secondary N) is 2. The number of hydrazone groups is 1. The maximum absolute atomic E-state index is 11.6. The standard InChI is InChI=1S/C17H23N3O4/c1-5-6-13-7-12(8-14(24-4)15(13)21)10-19-20-17(23)16(22)18-9-11(2)3/h5,7-8,10-11,21H,1,6,9H2,2-4H3,(H,18,22)(H,20,23)/b19-10+. The molecule has 1 rings (SSSR count). The van der Waals surface area contributed by atoms with Crippen molar-refractivity contribution >= 4 is 18.0 Å². The topological polar surface area (TPSA) is 100 Å². The van der Waals surface area contributed by atoms with Gasteiger partial charge in [-0.05, 0) is 30.0 Å². The third kappa shape index (κ3) is 5.75. The number of carbonyl (C=O) groups is 2. The van der Waals surface area contributed by atoms with Gasteiger partial charge in [0.2, 0.25) is 0 Å². The molecule has 0 aromatic heterocycles. The molecule has 0 saturated carbocycles. The molecule has 0 atom stereocenters. The van der Waals surface area contributed by atoms with E-state index in [2.05, 4.69) is 22.4 Å². The minimum atomic E-state index is -0.844. The molecule has 0 fully saturated rings. The average molecular weight is 333 g/mol. The summed E-state index contributed by atoms with van der Waals surface area (Å²) in [7, 11) is 1.44. The van der Waals surface area contributed by atoms with Gasteiger partial charge in [-0.15, -0.1) is 6.58 Å². The highest BCUT2D eigenvalue weighted by Gasteiger charge is 2.12. The number of aromatic hydroxyl groups is 1. The second-order valence-corrected chi connectivity index (χ2v) is 5.53. The van der Waals surface area contributed by atoms with Crippen molar-refractivity contribution in [3.8, 4) is 11.5 Å². The Kier molecular flexibility index (Phi) is 7.48. The monoisotopic (exact) mass is 333 g/mol. The summed E-state index contributed by atoms with van der Waals surface area (Å²) in [6.07, 6.45) is 3.46. The molecule has 0 aliphatic rings. The molecule has 0 saturated heterocycles. The van der Waals surface area contributed by atoms with Gasteiger partial charge in [-0.1, -0.05) is 19.9 Å². The predicted molar refractivity (Wildman–Crippen MR) is 92.1 cm³/mol. The minimum absolute atomic E-state index is 0.0339. The molecule has 0 heterocycles. The lowest BCUT2D eigenvalue weighted by atomic mass is 10.1. The van der Waals surface area contributed by atoms with Crippen LogP contribution in [0, 0.1) is 5.92 Å². The summed E-state index contributed by atoms with van der Waals surface area (Å²) in [6.45, 7) is 7.89. The Morgan fingerprint density at radius 1 is 1.38 bits per heavy atom. The van der Waals surface area contributed by atoms with Crippen LogP contribution in [0.1, 0.15) is 25.0 Å². The summed E-state index contributed by atoms with van der Waals surface area (Å²) >= 11 is 0. The fourth-order valence-corrected chi connectivity index (χ4v) is 1.82. The van der Waals surface area contributed by atoms with Gasteiger partial charge in [0.15, 0.2) is 11.5 Å². The summed E-state index contributed by atoms with van der Waals surface area (Å²) in [5, 5.41) is 16.2. The van der Waals surface area contributed by atoms with Crippen molar-refractivity contribution in [3.63, 3.8) is 0 Å². The predicted octanol–water partition coefficient (Wildman–Crippen LogP) is 1.35. The smallest absolute Gasteiger partial charge is 0.329 e. The summed E-state index contributed by atoms with van der Waals surface area (Å²) in [5.41, 5.74) is 3.37. The number of ether oxygens (including phenoxy) is 1. The molecule has 0 radical (unpaired) electrons. The zero-order valence-electron chi connectivity index (χ0n) is 14.1. The highest BCUT2D eigenvalue weighted by molar-refractivity contribution is 6.35. The fourth-order valence-electron chi connectivity index (χ4n) is 1.82. The van der Waals surface area contributed by atoms with Crippen molar-refractivity contribution in [2.24, 2.45) is 11.0 Å². The number of benzene rings is 1. The van der Waals surface area contributed by atoms with E-state index in [9.17, 15) is 14.7 Å². The molecule has 2 amide bonds. The second kappa shape index (κ2) is 9.34. The van der Waals surface area contributed by atoms with Gasteiger partial charge in [-0.3, -0.25) is 9.59 Å². The first-order valence-corrected chi connectivity index (χ1v) is 7.51. The largest absolute Gasteiger partial charge is 0.504 e. The number of rotatable bonds is 7. The highest BCUT2D eigenvalue weighted by atomic mass is 16.5. The third-order valence-corrected chi connectivity index (χ3v) is 3.02. The van der Waals surface area contributed by atoms with E-state index in [1.165, 1.54) is 13.3 Å². The van der Waals surface area contributed by atoms with Crippen LogP contribution in [0.4, 0.5) is 0 Å². The quantitative estimate of drug-likeness (QED) is 0.303. The maximum atomic E-state index is 11.6. The van der Waals surface area contributed by atoms with Crippen molar-refractivity contribution in [1.82, 2.24) is 10.7 Å². The highest BCUT2D eigenvalue weighted by Crippen LogP contribution is 2.31. The number of amides is 2. The van der Waals surface area contributed by atoms with E-state index in [4.69, 9.17) is 4.74 Å². The number of hydrogen-bond donors (Lipinski definition) is 3. The second-order valence-electron chi connectivity index (χ2n) is 5.53. The van der Waals surface area contributed by atoms with Gasteiger partial charge in [0.1, 0.15) is 0 Å². The minimum Gasteiger partial charge on any atom is -0.504 e. The van der Waals surface area contributed by atoms with Gasteiger partial charge in [0, 0.05) is 12.1 Å². The number of phenols is 1. The van der Waals surface area contributed by atoms with E-state index in [1.54, 1.807) is 18.2 Å². The molecule has 3 N–H and O–H groups in total. The summed E-state index contributed by atoms with van der Waals surface area (Å²) in [4.78, 5) is 23.1. The number of allylic oxidation sites excluding steroid dienone is 1. The molecule has 24 heavy (non-hydrogen) atoms. The Balaban J connectivity index is 2.76. The van der Waals surface area contributed by atoms with Crippen molar-refractivity contribution < 1.29 is 19.4 Å². The zero-order chi connectivity index (χ0) is 18.1. The van der Waals surface area contributed by atoms with Gasteiger partial charge in [0.25, 0.3) is 0 Å². The van der Waals surface area contributed by atoms with E-state index in [-0.39, 0.29) is 17.4 Å². The number of nitrogens with zero attached hydrogens (tertiary/aromatic N) is 1. The van der Waals surface area contributed by atoms with Gasteiger partial charge in [-0.25, -0.2) is 5.43 Å². The van der Waals surface area contributed by atoms with E-state index in [1.807, 2.05) is 13.8 Å². The first-order valence-electron chi connectivity index (χ1n) is 7.51. The van der Waals surface area contributed by atoms with Crippen LogP contribution in [0.5, 0.6) is 11.5 Å². The van der Waals surface area contributed by atoms with Gasteiger partial charge >= 0.3 is 11.8 Å². The molecule has 0 aliphatic heterocycles. The number of carbonyl (C=O) groups excluding carboxylic acids is 2. The van der Waals surface area contributed by atoms with Crippen LogP contribution >= 0.6 is 0 Å². The van der Waals surface area contributed by atoms with Crippen LogP contribution in [0.15, 0.2) is 29.9 Å². The molecule has 0 bridgehead atoms. The van der Waals surface area contributed by atoms with E-state index >= 15 is 0 Å². The van der Waals surface area contributed by atoms with Crippen LogP contribution in [-0.2, 0) is 16.0 Å². The maximum Gasteiger partial charge on any atom is 0.329 e. The van der Waals surface area contributed by atoms with Crippen LogP contribution in [0.2, 0.25) is 0 Å². The Labute approximate surface area is 141 Å². The van der Waals surface area contributed by atoms with Crippen LogP contribution in [0.3, 0.4) is 0 Å². The first-order chi connectivity index (χ1) is 11.4. The molecule has 0 spiro atoms. The van der Waals surface area contributed by atoms with Crippen LogP contribution in [0.25, 0.3) is 0 Å². The Hall–Kier alpha value is -2.83. The Bertz CT molecular complexity index is 639. The molecule has 1 aromatic carbocycles. The molecular formula is C17H23N3O4. The SMILES string of the molecule is C=CCc1cc(/C=N/NC(=O)C(=O)NCC(C)C)cc(OC)c1O. The van der Waals surface area contributed by atoms with E-state index in [0.717, 1.165) is 0 Å². The van der Waals surface area contributed by atoms with E-state index < -0.39 is 11.8 Å². The lowest BCUT2D eigenvalue weighted by Gasteiger charge is -2.09. The van der Waals surface area contributed by atoms with Gasteiger partial charge < -0.3 is 15.2 Å². The zero-order valence-corrected chi connectivity index (χ0v) is 14.1. The summed E-state index contributed by atoms with van der Waals surface area (Å²) in [5.74, 6) is -1.01.